The molecular formula is C25H23ClFN7. The summed E-state index contributed by atoms with van der Waals surface area (Å²) >= 11 is 6.36. The summed E-state index contributed by atoms with van der Waals surface area (Å²) < 4.78 is 16.2. The summed E-state index contributed by atoms with van der Waals surface area (Å²) in [7, 11) is 0. The molecule has 1 saturated heterocycles. The van der Waals surface area contributed by atoms with Gasteiger partial charge in [0.2, 0.25) is 5.95 Å². The Kier molecular flexibility index (Phi) is 4.33. The molecule has 4 heterocycles. The topological polar surface area (TPSA) is 73.9 Å². The summed E-state index contributed by atoms with van der Waals surface area (Å²) in [5, 5.41) is 19.0. The highest BCUT2D eigenvalue weighted by atomic mass is 35.5. The number of hydrogen-bond acceptors (Lipinski definition) is 6. The van der Waals surface area contributed by atoms with Crippen molar-refractivity contribution in [2.45, 2.75) is 50.7 Å². The predicted octanol–water partition coefficient (Wildman–Crippen LogP) is 4.19. The Bertz CT molecular complexity index is 1340. The van der Waals surface area contributed by atoms with Gasteiger partial charge in [-0.25, -0.2) is 4.98 Å². The van der Waals surface area contributed by atoms with E-state index in [0.29, 0.717) is 17.8 Å². The molecule has 3 fully saturated rings. The van der Waals surface area contributed by atoms with Crippen molar-refractivity contribution < 1.29 is 4.39 Å². The monoisotopic (exact) mass is 475 g/mol. The van der Waals surface area contributed by atoms with Crippen LogP contribution < -0.4 is 4.90 Å². The van der Waals surface area contributed by atoms with Crippen LogP contribution in [0.1, 0.15) is 54.4 Å². The Labute approximate surface area is 201 Å². The second-order valence-corrected chi connectivity index (χ2v) is 10.7. The van der Waals surface area contributed by atoms with Gasteiger partial charge in [-0.3, -0.25) is 9.47 Å². The van der Waals surface area contributed by atoms with Crippen molar-refractivity contribution in [3.63, 3.8) is 0 Å². The van der Waals surface area contributed by atoms with Crippen LogP contribution in [0.4, 0.5) is 10.2 Å². The van der Waals surface area contributed by atoms with E-state index < -0.39 is 5.95 Å². The van der Waals surface area contributed by atoms with Gasteiger partial charge >= 0.3 is 0 Å². The molecule has 34 heavy (non-hydrogen) atoms. The van der Waals surface area contributed by atoms with Crippen molar-refractivity contribution in [2.75, 3.05) is 18.0 Å². The molecule has 2 saturated carbocycles. The fourth-order valence-electron chi connectivity index (χ4n) is 6.05. The highest BCUT2D eigenvalue weighted by Crippen LogP contribution is 2.56. The zero-order valence-corrected chi connectivity index (χ0v) is 19.3. The van der Waals surface area contributed by atoms with Crippen LogP contribution in [-0.4, -0.2) is 43.8 Å². The summed E-state index contributed by atoms with van der Waals surface area (Å²) in [5.74, 6) is 2.31. The summed E-state index contributed by atoms with van der Waals surface area (Å²) in [6.45, 7) is 3.40. The predicted molar refractivity (Wildman–Crippen MR) is 124 cm³/mol. The highest BCUT2D eigenvalue weighted by Gasteiger charge is 2.54. The first-order valence-corrected chi connectivity index (χ1v) is 12.2. The van der Waals surface area contributed by atoms with Gasteiger partial charge in [-0.15, -0.1) is 10.2 Å². The summed E-state index contributed by atoms with van der Waals surface area (Å²) in [6.07, 6.45) is 4.57. The minimum atomic E-state index is -0.697. The van der Waals surface area contributed by atoms with Crippen molar-refractivity contribution in [3.05, 3.63) is 64.1 Å². The van der Waals surface area contributed by atoms with E-state index in [9.17, 15) is 4.39 Å². The minimum absolute atomic E-state index is 0.0167. The highest BCUT2D eigenvalue weighted by molar-refractivity contribution is 6.30. The third kappa shape index (κ3) is 3.14. The molecule has 2 aromatic heterocycles. The first-order chi connectivity index (χ1) is 16.5. The molecule has 7 nitrogen and oxygen atoms in total. The first kappa shape index (κ1) is 20.4. The van der Waals surface area contributed by atoms with Crippen molar-refractivity contribution in [2.24, 2.45) is 5.41 Å². The van der Waals surface area contributed by atoms with Crippen LogP contribution in [0.25, 0.3) is 5.69 Å². The van der Waals surface area contributed by atoms with E-state index in [0.717, 1.165) is 61.4 Å². The average Bonchev–Trinajstić information content (AvgIpc) is 3.55. The molecule has 0 amide bonds. The minimum Gasteiger partial charge on any atom is -0.355 e. The smallest absolute Gasteiger partial charge is 0.232 e. The SMILES string of the molecule is N#Cc1ccc(N2CC3(CC(c4nnc5n4-c4ccc(Cl)cc4CN(C4CC4)C5)C3)C2)nc1F. The maximum atomic E-state index is 13.9. The van der Waals surface area contributed by atoms with E-state index >= 15 is 0 Å². The van der Waals surface area contributed by atoms with E-state index in [4.69, 9.17) is 16.9 Å². The molecule has 172 valence electrons. The molecule has 0 radical (unpaired) electrons. The maximum absolute atomic E-state index is 13.9. The van der Waals surface area contributed by atoms with Gasteiger partial charge in [0.15, 0.2) is 5.82 Å². The fourth-order valence-corrected chi connectivity index (χ4v) is 6.24. The number of nitrogens with zero attached hydrogens (tertiary/aromatic N) is 7. The van der Waals surface area contributed by atoms with E-state index in [2.05, 4.69) is 41.7 Å². The third-order valence-corrected chi connectivity index (χ3v) is 8.11. The molecule has 2 aliphatic carbocycles. The Balaban J connectivity index is 1.12. The number of pyridine rings is 1. The number of anilines is 1. The number of hydrogen-bond donors (Lipinski definition) is 0. The molecule has 0 bridgehead atoms. The van der Waals surface area contributed by atoms with E-state index in [1.807, 2.05) is 12.1 Å². The van der Waals surface area contributed by atoms with Gasteiger partial charge in [-0.05, 0) is 61.6 Å². The van der Waals surface area contributed by atoms with E-state index in [1.165, 1.54) is 24.5 Å². The van der Waals surface area contributed by atoms with Gasteiger partial charge in [0.25, 0.3) is 0 Å². The van der Waals surface area contributed by atoms with Crippen LogP contribution in [0.15, 0.2) is 30.3 Å². The number of benzene rings is 1. The van der Waals surface area contributed by atoms with E-state index in [1.54, 1.807) is 6.07 Å². The van der Waals surface area contributed by atoms with Crippen molar-refractivity contribution in [3.8, 4) is 11.8 Å². The summed E-state index contributed by atoms with van der Waals surface area (Å²) in [6, 6.07) is 11.8. The molecule has 3 aromatic rings. The van der Waals surface area contributed by atoms with Crippen LogP contribution in [0, 0.1) is 22.7 Å². The Morgan fingerprint density at radius 3 is 2.65 bits per heavy atom. The lowest BCUT2D eigenvalue weighted by Gasteiger charge is -2.59. The van der Waals surface area contributed by atoms with Crippen LogP contribution in [0.3, 0.4) is 0 Å². The molecular weight excluding hydrogens is 453 g/mol. The lowest BCUT2D eigenvalue weighted by Crippen LogP contribution is -2.62. The second-order valence-electron chi connectivity index (χ2n) is 10.3. The van der Waals surface area contributed by atoms with Crippen LogP contribution in [0.2, 0.25) is 5.02 Å². The van der Waals surface area contributed by atoms with Crippen LogP contribution >= 0.6 is 11.6 Å². The van der Waals surface area contributed by atoms with Crippen molar-refractivity contribution in [1.82, 2.24) is 24.6 Å². The van der Waals surface area contributed by atoms with E-state index in [-0.39, 0.29) is 11.0 Å². The number of halogens is 2. The maximum Gasteiger partial charge on any atom is 0.232 e. The van der Waals surface area contributed by atoms with Crippen molar-refractivity contribution >= 4 is 17.4 Å². The van der Waals surface area contributed by atoms with Crippen LogP contribution in [0.5, 0.6) is 0 Å². The Morgan fingerprint density at radius 1 is 1.09 bits per heavy atom. The fraction of sp³-hybridized carbons (Fsp3) is 0.440. The standard InChI is InChI=1S/C25H23ClFN7/c26-18-2-5-20-16(7-18)11-32(19-3-4-19)12-22-30-31-24(34(20)22)17-8-25(9-17)13-33(14-25)21-6-1-15(10-28)23(27)29-21/h1-2,5-7,17,19H,3-4,8-9,11-14H2. The Morgan fingerprint density at radius 2 is 1.91 bits per heavy atom. The number of rotatable bonds is 3. The summed E-state index contributed by atoms with van der Waals surface area (Å²) in [5.41, 5.74) is 2.58. The zero-order valence-electron chi connectivity index (χ0n) is 18.6. The Hall–Kier alpha value is -3.02. The number of fused-ring (bicyclic) bond motifs is 3. The van der Waals surface area contributed by atoms with Crippen molar-refractivity contribution in [1.29, 1.82) is 5.26 Å². The third-order valence-electron chi connectivity index (χ3n) is 7.87. The lowest BCUT2D eigenvalue weighted by molar-refractivity contribution is 0.0580. The molecule has 1 spiro atoms. The molecule has 9 heteroatoms. The van der Waals surface area contributed by atoms with Gasteiger partial charge in [0.1, 0.15) is 23.3 Å². The number of aromatic nitrogens is 4. The van der Waals surface area contributed by atoms with Gasteiger partial charge in [0.05, 0.1) is 12.2 Å². The quantitative estimate of drug-likeness (QED) is 0.529. The average molecular weight is 476 g/mol. The zero-order chi connectivity index (χ0) is 23.0. The number of nitriles is 1. The summed E-state index contributed by atoms with van der Waals surface area (Å²) in [4.78, 5) is 8.58. The molecule has 4 aliphatic rings. The van der Waals surface area contributed by atoms with Gasteiger partial charge < -0.3 is 4.90 Å². The van der Waals surface area contributed by atoms with Gasteiger partial charge in [-0.1, -0.05) is 11.6 Å². The normalized spacial score (nSPS) is 21.3. The van der Waals surface area contributed by atoms with Gasteiger partial charge in [-0.2, -0.15) is 9.65 Å². The molecule has 0 N–H and O–H groups in total. The molecule has 2 aliphatic heterocycles. The first-order valence-electron chi connectivity index (χ1n) is 11.8. The van der Waals surface area contributed by atoms with Crippen LogP contribution in [-0.2, 0) is 13.1 Å². The second kappa shape index (κ2) is 7.24. The molecule has 7 rings (SSSR count). The molecule has 0 atom stereocenters. The largest absolute Gasteiger partial charge is 0.355 e. The molecule has 1 aromatic carbocycles. The van der Waals surface area contributed by atoms with Gasteiger partial charge in [0, 0.05) is 42.0 Å². The lowest BCUT2D eigenvalue weighted by atomic mass is 9.57. The molecule has 0 unspecified atom stereocenters.